The molecule has 4 nitrogen and oxygen atoms in total. The first-order valence-electron chi connectivity index (χ1n) is 4.91. The third kappa shape index (κ3) is 3.74. The van der Waals surface area contributed by atoms with E-state index < -0.39 is 0 Å². The van der Waals surface area contributed by atoms with Gasteiger partial charge in [-0.1, -0.05) is 0 Å². The normalized spacial score (nSPS) is 17.9. The van der Waals surface area contributed by atoms with Gasteiger partial charge in [0.2, 0.25) is 5.91 Å². The van der Waals surface area contributed by atoms with Gasteiger partial charge in [-0.25, -0.2) is 0 Å². The number of nitrogens with one attached hydrogen (secondary N) is 1. The lowest BCUT2D eigenvalue weighted by Crippen LogP contribution is -2.48. The summed E-state index contributed by atoms with van der Waals surface area (Å²) in [5, 5.41) is 3.04. The van der Waals surface area contributed by atoms with Crippen molar-refractivity contribution in [1.82, 2.24) is 10.2 Å². The predicted molar refractivity (Wildman–Crippen MR) is 50.6 cm³/mol. The molecule has 1 fully saturated rings. The van der Waals surface area contributed by atoms with Crippen LogP contribution in [0.1, 0.15) is 13.3 Å². The van der Waals surface area contributed by atoms with Crippen molar-refractivity contribution in [3.05, 3.63) is 0 Å². The third-order valence-electron chi connectivity index (χ3n) is 2.11. The molecule has 0 spiro atoms. The van der Waals surface area contributed by atoms with Gasteiger partial charge in [0.25, 0.3) is 0 Å². The van der Waals surface area contributed by atoms with Crippen molar-refractivity contribution >= 4 is 5.91 Å². The van der Waals surface area contributed by atoms with Gasteiger partial charge in [-0.2, -0.15) is 0 Å². The van der Waals surface area contributed by atoms with Crippen LogP contribution in [0.25, 0.3) is 0 Å². The molecular formula is C9H18N2O2. The van der Waals surface area contributed by atoms with Crippen molar-refractivity contribution in [2.75, 3.05) is 39.4 Å². The second-order valence-electron chi connectivity index (χ2n) is 3.11. The first-order valence-corrected chi connectivity index (χ1v) is 4.91. The van der Waals surface area contributed by atoms with Gasteiger partial charge < -0.3 is 15.0 Å². The molecule has 1 rings (SSSR count). The zero-order valence-electron chi connectivity index (χ0n) is 8.21. The Hall–Kier alpha value is -0.610. The zero-order valence-corrected chi connectivity index (χ0v) is 8.21. The largest absolute Gasteiger partial charge is 0.382 e. The van der Waals surface area contributed by atoms with Crippen LogP contribution in [0.2, 0.25) is 0 Å². The number of rotatable bonds is 5. The van der Waals surface area contributed by atoms with Crippen molar-refractivity contribution < 1.29 is 9.53 Å². The number of nitrogens with zero attached hydrogens (tertiary/aromatic N) is 1. The van der Waals surface area contributed by atoms with E-state index in [-0.39, 0.29) is 5.91 Å². The minimum Gasteiger partial charge on any atom is -0.382 e. The SMILES string of the molecule is CCOCCCN1CCNCC1=O. The van der Waals surface area contributed by atoms with Crippen molar-refractivity contribution in [3.8, 4) is 0 Å². The van der Waals surface area contributed by atoms with Gasteiger partial charge in [-0.05, 0) is 13.3 Å². The molecule has 0 bridgehead atoms. The molecule has 1 N–H and O–H groups in total. The number of hydrogen-bond donors (Lipinski definition) is 1. The van der Waals surface area contributed by atoms with E-state index >= 15 is 0 Å². The molecule has 0 radical (unpaired) electrons. The van der Waals surface area contributed by atoms with Gasteiger partial charge in [-0.15, -0.1) is 0 Å². The monoisotopic (exact) mass is 186 g/mol. The second-order valence-corrected chi connectivity index (χ2v) is 3.11. The summed E-state index contributed by atoms with van der Waals surface area (Å²) in [5.74, 6) is 0.211. The number of ether oxygens (including phenoxy) is 1. The summed E-state index contributed by atoms with van der Waals surface area (Å²) < 4.78 is 5.21. The summed E-state index contributed by atoms with van der Waals surface area (Å²) in [5.41, 5.74) is 0. The maximum Gasteiger partial charge on any atom is 0.236 e. The summed E-state index contributed by atoms with van der Waals surface area (Å²) in [6.45, 7) is 6.58. The maximum atomic E-state index is 11.3. The lowest BCUT2D eigenvalue weighted by molar-refractivity contribution is -0.132. The highest BCUT2D eigenvalue weighted by molar-refractivity contribution is 5.78. The molecule has 1 heterocycles. The smallest absolute Gasteiger partial charge is 0.236 e. The molecule has 1 saturated heterocycles. The van der Waals surface area contributed by atoms with Crippen molar-refractivity contribution in [2.45, 2.75) is 13.3 Å². The van der Waals surface area contributed by atoms with Gasteiger partial charge in [0.1, 0.15) is 0 Å². The molecule has 0 aromatic carbocycles. The van der Waals surface area contributed by atoms with Crippen LogP contribution in [0.3, 0.4) is 0 Å². The average molecular weight is 186 g/mol. The highest BCUT2D eigenvalue weighted by Crippen LogP contribution is 1.96. The topological polar surface area (TPSA) is 41.6 Å². The Kier molecular flexibility index (Phi) is 4.78. The van der Waals surface area contributed by atoms with Crippen LogP contribution >= 0.6 is 0 Å². The summed E-state index contributed by atoms with van der Waals surface area (Å²) in [6, 6.07) is 0. The molecule has 0 unspecified atom stereocenters. The average Bonchev–Trinajstić information content (AvgIpc) is 2.15. The molecule has 13 heavy (non-hydrogen) atoms. The number of amides is 1. The van der Waals surface area contributed by atoms with E-state index in [9.17, 15) is 4.79 Å². The molecule has 1 aliphatic rings. The van der Waals surface area contributed by atoms with Gasteiger partial charge in [-0.3, -0.25) is 4.79 Å². The fourth-order valence-electron chi connectivity index (χ4n) is 1.38. The van der Waals surface area contributed by atoms with Gasteiger partial charge in [0.15, 0.2) is 0 Å². The van der Waals surface area contributed by atoms with Crippen molar-refractivity contribution in [1.29, 1.82) is 0 Å². The Morgan fingerprint density at radius 2 is 2.46 bits per heavy atom. The van der Waals surface area contributed by atoms with Crippen molar-refractivity contribution in [3.63, 3.8) is 0 Å². The summed E-state index contributed by atoms with van der Waals surface area (Å²) in [6.07, 6.45) is 0.944. The number of carbonyl (C=O) groups is 1. The van der Waals surface area contributed by atoms with Crippen molar-refractivity contribution in [2.24, 2.45) is 0 Å². The highest BCUT2D eigenvalue weighted by atomic mass is 16.5. The molecule has 1 aliphatic heterocycles. The Morgan fingerprint density at radius 1 is 1.62 bits per heavy atom. The Bertz CT molecular complexity index is 162. The fourth-order valence-corrected chi connectivity index (χ4v) is 1.38. The van der Waals surface area contributed by atoms with E-state index in [2.05, 4.69) is 5.32 Å². The quantitative estimate of drug-likeness (QED) is 0.607. The van der Waals surface area contributed by atoms with Crippen LogP contribution in [0.15, 0.2) is 0 Å². The first kappa shape index (κ1) is 10.5. The molecule has 4 heteroatoms. The fraction of sp³-hybridized carbons (Fsp3) is 0.889. The lowest BCUT2D eigenvalue weighted by atomic mass is 10.3. The molecular weight excluding hydrogens is 168 g/mol. The standard InChI is InChI=1S/C9H18N2O2/c1-2-13-7-3-5-11-6-4-10-8-9(11)12/h10H,2-8H2,1H3. The van der Waals surface area contributed by atoms with E-state index in [0.717, 1.165) is 39.3 Å². The minimum atomic E-state index is 0.211. The summed E-state index contributed by atoms with van der Waals surface area (Å²) >= 11 is 0. The molecule has 0 aromatic rings. The van der Waals surface area contributed by atoms with Gasteiger partial charge >= 0.3 is 0 Å². The Morgan fingerprint density at radius 3 is 3.15 bits per heavy atom. The minimum absolute atomic E-state index is 0.211. The second kappa shape index (κ2) is 5.94. The first-order chi connectivity index (χ1) is 6.34. The zero-order chi connectivity index (χ0) is 9.52. The Labute approximate surface area is 79.2 Å². The predicted octanol–water partition coefficient (Wildman–Crippen LogP) is -0.155. The third-order valence-corrected chi connectivity index (χ3v) is 2.11. The van der Waals surface area contributed by atoms with Crippen LogP contribution < -0.4 is 5.32 Å². The Balaban J connectivity index is 2.08. The van der Waals surface area contributed by atoms with E-state index in [1.165, 1.54) is 0 Å². The molecule has 0 aromatic heterocycles. The van der Waals surface area contributed by atoms with E-state index in [1.54, 1.807) is 0 Å². The molecule has 0 atom stereocenters. The number of hydrogen-bond acceptors (Lipinski definition) is 3. The van der Waals surface area contributed by atoms with Crippen LogP contribution in [-0.4, -0.2) is 50.2 Å². The number of piperazine rings is 1. The van der Waals surface area contributed by atoms with Crippen LogP contribution in [0.4, 0.5) is 0 Å². The van der Waals surface area contributed by atoms with Gasteiger partial charge in [0, 0.05) is 32.8 Å². The molecule has 76 valence electrons. The van der Waals surface area contributed by atoms with E-state index in [1.807, 2.05) is 11.8 Å². The summed E-state index contributed by atoms with van der Waals surface area (Å²) in [7, 11) is 0. The molecule has 0 saturated carbocycles. The van der Waals surface area contributed by atoms with Crippen LogP contribution in [0, 0.1) is 0 Å². The van der Waals surface area contributed by atoms with E-state index in [0.29, 0.717) is 6.54 Å². The highest BCUT2D eigenvalue weighted by Gasteiger charge is 2.16. The summed E-state index contributed by atoms with van der Waals surface area (Å²) in [4.78, 5) is 13.2. The molecule has 0 aliphatic carbocycles. The molecule has 1 amide bonds. The van der Waals surface area contributed by atoms with Gasteiger partial charge in [0.05, 0.1) is 6.54 Å². The lowest BCUT2D eigenvalue weighted by Gasteiger charge is -2.27. The number of carbonyl (C=O) groups excluding carboxylic acids is 1. The van der Waals surface area contributed by atoms with Crippen LogP contribution in [0.5, 0.6) is 0 Å². The maximum absolute atomic E-state index is 11.3. The van der Waals surface area contributed by atoms with Crippen LogP contribution in [-0.2, 0) is 9.53 Å². The van der Waals surface area contributed by atoms with E-state index in [4.69, 9.17) is 4.74 Å².